The van der Waals surface area contributed by atoms with Crippen LogP contribution < -0.4 is 10.6 Å². The summed E-state index contributed by atoms with van der Waals surface area (Å²) in [4.78, 5) is 12.7. The molecular weight excluding hydrogens is 365 g/mol. The third-order valence-corrected chi connectivity index (χ3v) is 7.46. The molecule has 4 aliphatic rings. The van der Waals surface area contributed by atoms with Crippen LogP contribution in [0.4, 0.5) is 4.39 Å². The number of halogens is 1. The van der Waals surface area contributed by atoms with Crippen LogP contribution in [0.15, 0.2) is 36.0 Å². The number of benzene rings is 1. The fourth-order valence-electron chi connectivity index (χ4n) is 6.37. The minimum absolute atomic E-state index is 0.0788. The Balaban J connectivity index is 1.32. The molecule has 1 aromatic rings. The van der Waals surface area contributed by atoms with E-state index in [0.29, 0.717) is 18.5 Å². The maximum atomic E-state index is 13.7. The first kappa shape index (κ1) is 19.9. The van der Waals surface area contributed by atoms with E-state index in [2.05, 4.69) is 17.6 Å². The summed E-state index contributed by atoms with van der Waals surface area (Å²) in [6.45, 7) is 2.58. The van der Waals surface area contributed by atoms with Gasteiger partial charge in [0.05, 0.1) is 0 Å². The molecule has 29 heavy (non-hydrogen) atoms. The first-order chi connectivity index (χ1) is 14.0. The van der Waals surface area contributed by atoms with Gasteiger partial charge in [-0.15, -0.1) is 0 Å². The van der Waals surface area contributed by atoms with Crippen molar-refractivity contribution >= 4 is 5.91 Å². The summed E-state index contributed by atoms with van der Waals surface area (Å²) in [5, 5.41) is 15.5. The van der Waals surface area contributed by atoms with E-state index in [1.165, 1.54) is 50.8 Å². The van der Waals surface area contributed by atoms with Crippen LogP contribution in [0.2, 0.25) is 0 Å². The van der Waals surface area contributed by atoms with Crippen LogP contribution in [0, 0.1) is 40.3 Å². The molecule has 4 fully saturated rings. The molecule has 1 unspecified atom stereocenters. The highest BCUT2D eigenvalue weighted by Crippen LogP contribution is 2.61. The molecule has 5 heteroatoms. The third kappa shape index (κ3) is 4.17. The van der Waals surface area contributed by atoms with Gasteiger partial charge >= 0.3 is 0 Å². The Morgan fingerprint density at radius 3 is 2.45 bits per heavy atom. The minimum atomic E-state index is -0.311. The molecule has 4 aliphatic carbocycles. The lowest BCUT2D eigenvalue weighted by Gasteiger charge is -2.59. The van der Waals surface area contributed by atoms with E-state index < -0.39 is 0 Å². The monoisotopic (exact) mass is 395 g/mol. The largest absolute Gasteiger partial charge is 0.389 e. The number of hydrogen-bond acceptors (Lipinski definition) is 3. The van der Waals surface area contributed by atoms with Crippen LogP contribution in [0.1, 0.15) is 51.0 Å². The topological polar surface area (TPSA) is 64.9 Å². The van der Waals surface area contributed by atoms with Crippen molar-refractivity contribution in [3.05, 3.63) is 47.4 Å². The van der Waals surface area contributed by atoms with Crippen molar-refractivity contribution < 1.29 is 9.18 Å². The smallest absolute Gasteiger partial charge is 0.263 e. The van der Waals surface area contributed by atoms with Crippen molar-refractivity contribution in [3.63, 3.8) is 0 Å². The molecule has 5 rings (SSSR count). The quantitative estimate of drug-likeness (QED) is 0.415. The Kier molecular flexibility index (Phi) is 5.63. The van der Waals surface area contributed by atoms with Crippen LogP contribution in [0.3, 0.4) is 0 Å². The van der Waals surface area contributed by atoms with Crippen molar-refractivity contribution in [3.8, 4) is 6.07 Å². The van der Waals surface area contributed by atoms with Gasteiger partial charge < -0.3 is 10.6 Å². The molecule has 0 aliphatic heterocycles. The van der Waals surface area contributed by atoms with E-state index in [-0.39, 0.29) is 28.8 Å². The zero-order chi connectivity index (χ0) is 20.4. The zero-order valence-electron chi connectivity index (χ0n) is 17.1. The van der Waals surface area contributed by atoms with Crippen LogP contribution in [0.5, 0.6) is 0 Å². The van der Waals surface area contributed by atoms with Crippen LogP contribution in [-0.2, 0) is 11.2 Å². The average Bonchev–Trinajstić information content (AvgIpc) is 2.68. The van der Waals surface area contributed by atoms with Gasteiger partial charge in [-0.1, -0.05) is 18.2 Å². The Morgan fingerprint density at radius 1 is 1.24 bits per heavy atom. The standard InChI is InChI=1S/C24H30FN3O/c1-16(24-11-17-8-18(12-24)10-19(9-17)13-24)28-23(29)21(14-26)15-27-7-6-20-4-2-3-5-22(20)25/h2-5,15-19,27H,6-13H2,1H3,(H,28,29)/b21-15-. The summed E-state index contributed by atoms with van der Waals surface area (Å²) in [6.07, 6.45) is 9.71. The Hall–Kier alpha value is -2.35. The molecule has 154 valence electrons. The molecule has 0 spiro atoms. The van der Waals surface area contributed by atoms with Crippen LogP contribution >= 0.6 is 0 Å². The maximum absolute atomic E-state index is 13.7. The Labute approximate surface area is 172 Å². The molecular formula is C24H30FN3O. The molecule has 0 heterocycles. The molecule has 2 N–H and O–H groups in total. The number of carbonyl (C=O) groups is 1. The van der Waals surface area contributed by atoms with Gasteiger partial charge in [0.2, 0.25) is 0 Å². The summed E-state index contributed by atoms with van der Waals surface area (Å²) in [6, 6.07) is 8.72. The number of nitriles is 1. The van der Waals surface area contributed by atoms with E-state index >= 15 is 0 Å². The van der Waals surface area contributed by atoms with Gasteiger partial charge in [-0.25, -0.2) is 4.39 Å². The lowest BCUT2D eigenvalue weighted by molar-refractivity contribution is -0.122. The number of amides is 1. The number of nitrogens with one attached hydrogen (secondary N) is 2. The number of nitrogens with zero attached hydrogens (tertiary/aromatic N) is 1. The highest BCUT2D eigenvalue weighted by atomic mass is 19.1. The normalized spacial score (nSPS) is 31.2. The molecule has 4 nitrogen and oxygen atoms in total. The van der Waals surface area contributed by atoms with Gasteiger partial charge in [0.25, 0.3) is 5.91 Å². The van der Waals surface area contributed by atoms with Gasteiger partial charge in [0, 0.05) is 18.8 Å². The van der Waals surface area contributed by atoms with E-state index in [4.69, 9.17) is 0 Å². The minimum Gasteiger partial charge on any atom is -0.389 e. The number of rotatable bonds is 7. The van der Waals surface area contributed by atoms with Gasteiger partial charge in [-0.2, -0.15) is 5.26 Å². The summed E-state index contributed by atoms with van der Waals surface area (Å²) < 4.78 is 13.7. The first-order valence-corrected chi connectivity index (χ1v) is 10.9. The van der Waals surface area contributed by atoms with E-state index in [1.807, 2.05) is 6.07 Å². The molecule has 0 aromatic heterocycles. The first-order valence-electron chi connectivity index (χ1n) is 10.9. The second-order valence-corrected chi connectivity index (χ2v) is 9.44. The lowest BCUT2D eigenvalue weighted by atomic mass is 9.48. The molecule has 4 saturated carbocycles. The van der Waals surface area contributed by atoms with E-state index in [0.717, 1.165) is 17.8 Å². The predicted octanol–water partition coefficient (Wildman–Crippen LogP) is 4.09. The third-order valence-electron chi connectivity index (χ3n) is 7.46. The highest BCUT2D eigenvalue weighted by Gasteiger charge is 2.53. The maximum Gasteiger partial charge on any atom is 0.263 e. The summed E-state index contributed by atoms with van der Waals surface area (Å²) in [5.74, 6) is 1.93. The highest BCUT2D eigenvalue weighted by molar-refractivity contribution is 5.97. The second kappa shape index (κ2) is 8.18. The zero-order valence-corrected chi connectivity index (χ0v) is 17.1. The van der Waals surface area contributed by atoms with Crippen molar-refractivity contribution in [1.29, 1.82) is 5.26 Å². The fraction of sp³-hybridized carbons (Fsp3) is 0.583. The summed E-state index contributed by atoms with van der Waals surface area (Å²) >= 11 is 0. The fourth-order valence-corrected chi connectivity index (χ4v) is 6.37. The number of hydrogen-bond donors (Lipinski definition) is 2. The van der Waals surface area contributed by atoms with Gasteiger partial charge in [0.1, 0.15) is 17.5 Å². The summed E-state index contributed by atoms with van der Waals surface area (Å²) in [5.41, 5.74) is 0.908. The molecule has 1 amide bonds. The van der Waals surface area contributed by atoms with Crippen LogP contribution in [-0.4, -0.2) is 18.5 Å². The average molecular weight is 396 g/mol. The SMILES string of the molecule is CC(NC(=O)/C(C#N)=C\NCCc1ccccc1F)C12CC3CC(CC(C3)C1)C2. The Bertz CT molecular complexity index is 805. The van der Waals surface area contributed by atoms with Gasteiger partial charge in [0.15, 0.2) is 0 Å². The van der Waals surface area contributed by atoms with Crippen molar-refractivity contribution in [1.82, 2.24) is 10.6 Å². The van der Waals surface area contributed by atoms with Crippen molar-refractivity contribution in [2.75, 3.05) is 6.54 Å². The Morgan fingerprint density at radius 2 is 1.86 bits per heavy atom. The molecule has 0 radical (unpaired) electrons. The van der Waals surface area contributed by atoms with Crippen molar-refractivity contribution in [2.24, 2.45) is 23.2 Å². The molecule has 4 bridgehead atoms. The van der Waals surface area contributed by atoms with Crippen LogP contribution in [0.25, 0.3) is 0 Å². The van der Waals surface area contributed by atoms with Crippen molar-refractivity contribution in [2.45, 2.75) is 57.9 Å². The van der Waals surface area contributed by atoms with E-state index in [9.17, 15) is 14.4 Å². The molecule has 0 saturated heterocycles. The van der Waals surface area contributed by atoms with Gasteiger partial charge in [-0.05, 0) is 86.7 Å². The van der Waals surface area contributed by atoms with E-state index in [1.54, 1.807) is 18.2 Å². The lowest BCUT2D eigenvalue weighted by Crippen LogP contribution is -2.56. The van der Waals surface area contributed by atoms with Gasteiger partial charge in [-0.3, -0.25) is 4.79 Å². The second-order valence-electron chi connectivity index (χ2n) is 9.44. The summed E-state index contributed by atoms with van der Waals surface area (Å²) in [7, 11) is 0. The predicted molar refractivity (Wildman–Crippen MR) is 110 cm³/mol. The number of carbonyl (C=O) groups excluding carboxylic acids is 1. The molecule has 1 aromatic carbocycles. The molecule has 1 atom stereocenters.